The minimum Gasteiger partial charge on any atom is -0.467 e. The molecule has 1 heterocycles. The molecule has 2 aromatic carbocycles. The topological polar surface area (TPSA) is 86.7 Å². The Hall–Kier alpha value is -3.90. The summed E-state index contributed by atoms with van der Waals surface area (Å²) >= 11 is 0. The second-order valence-corrected chi connectivity index (χ2v) is 4.81. The molecule has 0 spiro atoms. The van der Waals surface area contributed by atoms with Gasteiger partial charge in [0.05, 0.1) is 13.2 Å². The maximum absolute atomic E-state index is 10.6. The number of benzene rings is 2. The number of aromatic nitrogens is 3. The van der Waals surface area contributed by atoms with E-state index >= 15 is 0 Å². The van der Waals surface area contributed by atoms with E-state index in [1.165, 1.54) is 7.11 Å². The first-order chi connectivity index (χ1) is 12.8. The van der Waals surface area contributed by atoms with Crippen LogP contribution in [-0.4, -0.2) is 28.0 Å². The number of carbonyl (C=O) groups excluding carboxylic acids is 1. The fourth-order valence-electron chi connectivity index (χ4n) is 1.91. The van der Waals surface area contributed by atoms with Crippen LogP contribution in [0.15, 0.2) is 60.7 Å². The van der Waals surface area contributed by atoms with Crippen molar-refractivity contribution in [2.45, 2.75) is 0 Å². The van der Waals surface area contributed by atoms with Gasteiger partial charge >= 0.3 is 12.0 Å². The smallest absolute Gasteiger partial charge is 0.321 e. The molecule has 26 heavy (non-hydrogen) atoms. The lowest BCUT2D eigenvalue weighted by molar-refractivity contribution is 0.0672. The summed E-state index contributed by atoms with van der Waals surface area (Å²) in [6, 6.07) is 17.9. The van der Waals surface area contributed by atoms with Gasteiger partial charge in [-0.25, -0.2) is 4.79 Å². The van der Waals surface area contributed by atoms with E-state index in [-0.39, 0.29) is 17.8 Å². The van der Waals surface area contributed by atoms with Crippen LogP contribution in [0.4, 0.5) is 5.95 Å². The molecule has 0 aliphatic heterocycles. The Kier molecular flexibility index (Phi) is 5.39. The molecule has 0 radical (unpaired) electrons. The monoisotopic (exact) mass is 350 g/mol. The highest BCUT2D eigenvalue weighted by Crippen LogP contribution is 2.20. The van der Waals surface area contributed by atoms with Crippen molar-refractivity contribution >= 4 is 18.0 Å². The quantitative estimate of drug-likeness (QED) is 0.474. The summed E-state index contributed by atoms with van der Waals surface area (Å²) < 4.78 is 5.04. The molecule has 130 valence electrons. The molecule has 8 heteroatoms. The summed E-state index contributed by atoms with van der Waals surface area (Å²) in [6.07, 6.45) is 1.05. The minimum atomic E-state index is -0.00828. The molecule has 0 atom stereocenters. The van der Waals surface area contributed by atoms with Crippen molar-refractivity contribution in [3.8, 4) is 17.5 Å². The Labute approximate surface area is 149 Å². The molecule has 1 aromatic heterocycles. The van der Waals surface area contributed by atoms with Crippen molar-refractivity contribution < 1.29 is 19.2 Å². The molecule has 0 bridgehead atoms. The van der Waals surface area contributed by atoms with Gasteiger partial charge in [-0.2, -0.15) is 15.0 Å². The van der Waals surface area contributed by atoms with E-state index in [1.807, 2.05) is 36.4 Å². The minimum absolute atomic E-state index is 0.00479. The van der Waals surface area contributed by atoms with Gasteiger partial charge in [0, 0.05) is 5.23 Å². The van der Waals surface area contributed by atoms with E-state index in [0.29, 0.717) is 11.5 Å². The van der Waals surface area contributed by atoms with Crippen LogP contribution in [0, 0.1) is 0 Å². The molecule has 0 saturated heterocycles. The second kappa shape index (κ2) is 8.27. The molecule has 0 aliphatic carbocycles. The van der Waals surface area contributed by atoms with Crippen LogP contribution in [0.5, 0.6) is 17.5 Å². The molecular weight excluding hydrogens is 336 g/mol. The molecule has 8 nitrogen and oxygen atoms in total. The van der Waals surface area contributed by atoms with Gasteiger partial charge in [0.1, 0.15) is 5.94 Å². The first kappa shape index (κ1) is 16.9. The van der Waals surface area contributed by atoms with E-state index in [0.717, 1.165) is 11.3 Å². The highest BCUT2D eigenvalue weighted by Gasteiger charge is 2.18. The first-order valence-corrected chi connectivity index (χ1v) is 7.55. The molecule has 0 unspecified atom stereocenters. The normalized spacial score (nSPS) is 9.73. The number of rotatable bonds is 7. The average Bonchev–Trinajstić information content (AvgIpc) is 2.69. The predicted molar refractivity (Wildman–Crippen MR) is 93.2 cm³/mol. The highest BCUT2D eigenvalue weighted by molar-refractivity contribution is 5.71. The summed E-state index contributed by atoms with van der Waals surface area (Å²) in [7, 11) is 1.40. The van der Waals surface area contributed by atoms with E-state index < -0.39 is 0 Å². The number of nitrogens with zero attached hydrogens (tertiary/aromatic N) is 4. The number of ether oxygens (including phenoxy) is 1. The molecule has 0 fully saturated rings. The Balaban J connectivity index is 1.98. The molecule has 0 aliphatic rings. The van der Waals surface area contributed by atoms with Crippen molar-refractivity contribution in [1.29, 1.82) is 0 Å². The molecule has 0 N–H and O–H groups in total. The summed E-state index contributed by atoms with van der Waals surface area (Å²) in [5.74, 6) is 2.66. The third kappa shape index (κ3) is 4.34. The third-order valence-corrected chi connectivity index (χ3v) is 3.02. The lowest BCUT2D eigenvalue weighted by Crippen LogP contribution is -2.33. The third-order valence-electron chi connectivity index (χ3n) is 3.02. The predicted octanol–water partition coefficient (Wildman–Crippen LogP) is 2.52. The number of methoxy groups -OCH3 is 1. The molecule has 0 amide bonds. The Bertz CT molecular complexity index is 858. The largest absolute Gasteiger partial charge is 0.467 e. The van der Waals surface area contributed by atoms with Crippen LogP contribution in [0.3, 0.4) is 0 Å². The standard InChI is InChI=1S/C18H14N4O4/c1-24-18-20-16(12-13-23)19-17(21-18)22(25-14-8-4-2-5-9-14)26-15-10-6-3-7-11-15/h2-12H,1H3. The Morgan fingerprint density at radius 2 is 1.46 bits per heavy atom. The zero-order valence-corrected chi connectivity index (χ0v) is 13.8. The second-order valence-electron chi connectivity index (χ2n) is 4.81. The molecule has 3 rings (SSSR count). The molecule has 3 aromatic rings. The van der Waals surface area contributed by atoms with Gasteiger partial charge in [0.15, 0.2) is 17.3 Å². The average molecular weight is 350 g/mol. The zero-order valence-electron chi connectivity index (χ0n) is 13.8. The maximum atomic E-state index is 10.6. The van der Waals surface area contributed by atoms with E-state index in [9.17, 15) is 4.79 Å². The van der Waals surface area contributed by atoms with Gasteiger partial charge in [-0.15, -0.1) is 0 Å². The van der Waals surface area contributed by atoms with Crippen LogP contribution < -0.4 is 19.6 Å². The van der Waals surface area contributed by atoms with Gasteiger partial charge in [-0.05, 0) is 24.3 Å². The summed E-state index contributed by atoms with van der Waals surface area (Å²) in [5, 5.41) is 1.01. The summed E-state index contributed by atoms with van der Waals surface area (Å²) in [4.78, 5) is 34.3. The van der Waals surface area contributed by atoms with Crippen LogP contribution >= 0.6 is 0 Å². The summed E-state index contributed by atoms with van der Waals surface area (Å²) in [6.45, 7) is 0. The number of para-hydroxylation sites is 2. The van der Waals surface area contributed by atoms with Crippen LogP contribution in [0.2, 0.25) is 0 Å². The van der Waals surface area contributed by atoms with Crippen LogP contribution in [0.25, 0.3) is 6.08 Å². The number of hydrogen-bond acceptors (Lipinski definition) is 8. The molecular formula is C18H14N4O4. The van der Waals surface area contributed by atoms with Gasteiger partial charge in [0.2, 0.25) is 0 Å². The zero-order chi connectivity index (χ0) is 18.2. The number of hydrogen-bond donors (Lipinski definition) is 0. The lowest BCUT2D eigenvalue weighted by Gasteiger charge is -2.21. The van der Waals surface area contributed by atoms with Crippen molar-refractivity contribution in [3.05, 3.63) is 66.5 Å². The number of anilines is 1. The van der Waals surface area contributed by atoms with Gasteiger partial charge in [-0.3, -0.25) is 0 Å². The van der Waals surface area contributed by atoms with E-state index in [2.05, 4.69) is 15.0 Å². The van der Waals surface area contributed by atoms with Gasteiger partial charge in [0.25, 0.3) is 0 Å². The Morgan fingerprint density at radius 3 is 1.96 bits per heavy atom. The SMILES string of the molecule is COc1nc(C=C=O)nc(N(Oc2ccccc2)Oc2ccccc2)n1. The maximum Gasteiger partial charge on any atom is 0.321 e. The molecule has 0 saturated carbocycles. The van der Waals surface area contributed by atoms with Gasteiger partial charge < -0.3 is 14.4 Å². The fourth-order valence-corrected chi connectivity index (χ4v) is 1.91. The van der Waals surface area contributed by atoms with Crippen LogP contribution in [-0.2, 0) is 4.79 Å². The van der Waals surface area contributed by atoms with Crippen molar-refractivity contribution in [2.75, 3.05) is 12.3 Å². The lowest BCUT2D eigenvalue weighted by atomic mass is 10.3. The van der Waals surface area contributed by atoms with Crippen molar-refractivity contribution in [2.24, 2.45) is 0 Å². The fraction of sp³-hybridized carbons (Fsp3) is 0.0556. The van der Waals surface area contributed by atoms with Crippen LogP contribution in [0.1, 0.15) is 5.82 Å². The van der Waals surface area contributed by atoms with E-state index in [1.54, 1.807) is 30.2 Å². The van der Waals surface area contributed by atoms with Crippen molar-refractivity contribution in [3.63, 3.8) is 0 Å². The van der Waals surface area contributed by atoms with Crippen molar-refractivity contribution in [1.82, 2.24) is 15.0 Å². The van der Waals surface area contributed by atoms with Gasteiger partial charge in [-0.1, -0.05) is 36.4 Å². The Morgan fingerprint density at radius 1 is 0.885 bits per heavy atom. The summed E-state index contributed by atoms with van der Waals surface area (Å²) in [5.41, 5.74) is 0. The van der Waals surface area contributed by atoms with E-state index in [4.69, 9.17) is 14.4 Å². The highest BCUT2D eigenvalue weighted by atomic mass is 17.0. The first-order valence-electron chi connectivity index (χ1n) is 7.55.